The molecule has 0 aliphatic carbocycles. The summed E-state index contributed by atoms with van der Waals surface area (Å²) in [6.45, 7) is 2.54. The number of amides is 1. The molecule has 7 heteroatoms. The first-order chi connectivity index (χ1) is 13.6. The summed E-state index contributed by atoms with van der Waals surface area (Å²) in [5.41, 5.74) is 3.93. The molecule has 1 aromatic heterocycles. The molecule has 2 heterocycles. The molecule has 0 fully saturated rings. The van der Waals surface area contributed by atoms with Crippen LogP contribution in [0.25, 0.3) is 0 Å². The van der Waals surface area contributed by atoms with E-state index in [9.17, 15) is 9.90 Å². The number of thioether (sulfide) groups is 1. The van der Waals surface area contributed by atoms with Gasteiger partial charge in [0.1, 0.15) is 5.82 Å². The summed E-state index contributed by atoms with van der Waals surface area (Å²) in [7, 11) is 1.53. The van der Waals surface area contributed by atoms with Crippen LogP contribution in [0.5, 0.6) is 11.5 Å². The average Bonchev–Trinajstić information content (AvgIpc) is 2.87. The molecule has 1 atom stereocenters. The van der Waals surface area contributed by atoms with Gasteiger partial charge in [-0.2, -0.15) is 5.10 Å². The highest BCUT2D eigenvalue weighted by molar-refractivity contribution is 8.00. The van der Waals surface area contributed by atoms with Crippen LogP contribution in [-0.2, 0) is 11.3 Å². The van der Waals surface area contributed by atoms with E-state index in [-0.39, 0.29) is 16.9 Å². The van der Waals surface area contributed by atoms with Gasteiger partial charge in [-0.3, -0.25) is 4.79 Å². The van der Waals surface area contributed by atoms with Gasteiger partial charge in [0.25, 0.3) is 0 Å². The van der Waals surface area contributed by atoms with Gasteiger partial charge in [-0.25, -0.2) is 4.68 Å². The van der Waals surface area contributed by atoms with E-state index in [4.69, 9.17) is 9.84 Å². The number of rotatable bonds is 4. The zero-order valence-electron chi connectivity index (χ0n) is 15.7. The molecule has 1 amide bonds. The molecule has 6 nitrogen and oxygen atoms in total. The fraction of sp³-hybridized carbons (Fsp3) is 0.238. The molecule has 0 unspecified atom stereocenters. The summed E-state index contributed by atoms with van der Waals surface area (Å²) in [4.78, 5) is 12.4. The van der Waals surface area contributed by atoms with Crippen LogP contribution in [0.2, 0.25) is 0 Å². The van der Waals surface area contributed by atoms with E-state index < -0.39 is 0 Å². The Morgan fingerprint density at radius 2 is 2.07 bits per heavy atom. The number of nitrogens with one attached hydrogen (secondary N) is 1. The first-order valence-electron chi connectivity index (χ1n) is 8.96. The number of ether oxygens (including phenoxy) is 1. The van der Waals surface area contributed by atoms with Gasteiger partial charge >= 0.3 is 0 Å². The lowest BCUT2D eigenvalue weighted by atomic mass is 10.0. The fourth-order valence-corrected chi connectivity index (χ4v) is 4.62. The average molecular weight is 395 g/mol. The number of hydrogen-bond donors (Lipinski definition) is 2. The first kappa shape index (κ1) is 18.4. The first-order valence-corrected chi connectivity index (χ1v) is 10.0. The molecular weight excluding hydrogens is 374 g/mol. The third kappa shape index (κ3) is 3.45. The van der Waals surface area contributed by atoms with Crippen molar-refractivity contribution < 1.29 is 14.6 Å². The number of nitrogens with zero attached hydrogens (tertiary/aromatic N) is 2. The molecule has 0 bridgehead atoms. The Bertz CT molecular complexity index is 1020. The standard InChI is InChI=1S/C21H21N3O3S/c1-13-19-20(15-8-9-16(25)17(10-15)27-2)28-12-18(26)22-21(19)24(23-13)11-14-6-4-3-5-7-14/h3-10,20,25H,11-12H2,1-2H3,(H,22,26)/t20-/m0/s1. The van der Waals surface area contributed by atoms with Crippen LogP contribution in [0, 0.1) is 6.92 Å². The molecule has 2 N–H and O–H groups in total. The van der Waals surface area contributed by atoms with Gasteiger partial charge in [0.05, 0.1) is 30.4 Å². The highest BCUT2D eigenvalue weighted by Gasteiger charge is 2.30. The molecule has 0 radical (unpaired) electrons. The number of hydrogen-bond acceptors (Lipinski definition) is 5. The van der Waals surface area contributed by atoms with E-state index in [1.165, 1.54) is 7.11 Å². The number of methoxy groups -OCH3 is 1. The molecule has 4 rings (SSSR count). The number of fused-ring (bicyclic) bond motifs is 1. The van der Waals surface area contributed by atoms with Gasteiger partial charge in [-0.05, 0) is 30.2 Å². The maximum Gasteiger partial charge on any atom is 0.235 e. The molecule has 0 spiro atoms. The number of phenols is 1. The van der Waals surface area contributed by atoms with E-state index in [0.717, 1.165) is 28.2 Å². The van der Waals surface area contributed by atoms with Gasteiger partial charge in [-0.1, -0.05) is 36.4 Å². The smallest absolute Gasteiger partial charge is 0.235 e. The van der Waals surface area contributed by atoms with Crippen LogP contribution >= 0.6 is 11.8 Å². The molecular formula is C21H21N3O3S. The fourth-order valence-electron chi connectivity index (χ4n) is 3.44. The number of phenolic OH excluding ortho intramolecular Hbond substituents is 1. The Kier molecular flexibility index (Phi) is 5.00. The summed E-state index contributed by atoms with van der Waals surface area (Å²) < 4.78 is 7.12. The Hall–Kier alpha value is -2.93. The number of anilines is 1. The third-order valence-corrected chi connectivity index (χ3v) is 6.03. The van der Waals surface area contributed by atoms with Crippen molar-refractivity contribution in [3.8, 4) is 11.5 Å². The molecule has 0 saturated carbocycles. The molecule has 1 aliphatic heterocycles. The second-order valence-corrected chi connectivity index (χ2v) is 7.75. The lowest BCUT2D eigenvalue weighted by Gasteiger charge is -2.16. The van der Waals surface area contributed by atoms with E-state index in [0.29, 0.717) is 18.0 Å². The highest BCUT2D eigenvalue weighted by atomic mass is 32.2. The van der Waals surface area contributed by atoms with Crippen molar-refractivity contribution in [1.82, 2.24) is 9.78 Å². The van der Waals surface area contributed by atoms with Gasteiger partial charge in [-0.15, -0.1) is 11.8 Å². The molecule has 2 aromatic carbocycles. The second-order valence-electron chi connectivity index (χ2n) is 6.66. The van der Waals surface area contributed by atoms with E-state index in [1.807, 2.05) is 54.1 Å². The van der Waals surface area contributed by atoms with Gasteiger partial charge in [0.15, 0.2) is 11.5 Å². The maximum absolute atomic E-state index is 12.4. The zero-order valence-corrected chi connectivity index (χ0v) is 16.5. The summed E-state index contributed by atoms with van der Waals surface area (Å²) in [5, 5.41) is 17.6. The summed E-state index contributed by atoms with van der Waals surface area (Å²) in [6.07, 6.45) is 0. The van der Waals surface area contributed by atoms with Crippen molar-refractivity contribution in [1.29, 1.82) is 0 Å². The van der Waals surface area contributed by atoms with Gasteiger partial charge in [0, 0.05) is 5.56 Å². The van der Waals surface area contributed by atoms with Crippen LogP contribution in [-0.4, -0.2) is 33.7 Å². The lowest BCUT2D eigenvalue weighted by molar-refractivity contribution is -0.113. The van der Waals surface area contributed by atoms with Crippen molar-refractivity contribution >= 4 is 23.5 Å². The molecule has 28 heavy (non-hydrogen) atoms. The van der Waals surface area contributed by atoms with E-state index >= 15 is 0 Å². The predicted octanol–water partition coefficient (Wildman–Crippen LogP) is 3.73. The van der Waals surface area contributed by atoms with Crippen molar-refractivity contribution in [2.45, 2.75) is 18.7 Å². The van der Waals surface area contributed by atoms with Crippen molar-refractivity contribution in [3.05, 3.63) is 70.9 Å². The third-order valence-electron chi connectivity index (χ3n) is 4.76. The Morgan fingerprint density at radius 1 is 1.29 bits per heavy atom. The van der Waals surface area contributed by atoms with Crippen LogP contribution in [0.1, 0.15) is 27.6 Å². The molecule has 1 aliphatic rings. The monoisotopic (exact) mass is 395 g/mol. The van der Waals surface area contributed by atoms with Crippen LogP contribution < -0.4 is 10.1 Å². The van der Waals surface area contributed by atoms with Gasteiger partial charge in [0.2, 0.25) is 5.91 Å². The van der Waals surface area contributed by atoms with E-state index in [2.05, 4.69) is 5.32 Å². The quantitative estimate of drug-likeness (QED) is 0.704. The topological polar surface area (TPSA) is 76.4 Å². The minimum Gasteiger partial charge on any atom is -0.504 e. The Labute approximate surface area is 167 Å². The van der Waals surface area contributed by atoms with Crippen molar-refractivity contribution in [2.24, 2.45) is 0 Å². The predicted molar refractivity (Wildman–Crippen MR) is 110 cm³/mol. The summed E-state index contributed by atoms with van der Waals surface area (Å²) in [5.74, 6) is 1.53. The number of carbonyl (C=O) groups excluding carboxylic acids is 1. The van der Waals surface area contributed by atoms with Crippen LogP contribution in [0.3, 0.4) is 0 Å². The van der Waals surface area contributed by atoms with Gasteiger partial charge < -0.3 is 15.2 Å². The minimum absolute atomic E-state index is 0.0475. The van der Waals surface area contributed by atoms with Crippen molar-refractivity contribution in [3.63, 3.8) is 0 Å². The second kappa shape index (κ2) is 7.59. The highest BCUT2D eigenvalue weighted by Crippen LogP contribution is 2.45. The SMILES string of the molecule is COc1cc([C@@H]2SCC(=O)Nc3c2c(C)nn3Cc2ccccc2)ccc1O. The Balaban J connectivity index is 1.79. The van der Waals surface area contributed by atoms with Crippen LogP contribution in [0.15, 0.2) is 48.5 Å². The van der Waals surface area contributed by atoms with Crippen LogP contribution in [0.4, 0.5) is 5.82 Å². The molecule has 144 valence electrons. The zero-order chi connectivity index (χ0) is 19.7. The number of aryl methyl sites for hydroxylation is 1. The minimum atomic E-state index is -0.0898. The summed E-state index contributed by atoms with van der Waals surface area (Å²) >= 11 is 1.54. The largest absolute Gasteiger partial charge is 0.504 e. The number of aromatic hydroxyl groups is 1. The van der Waals surface area contributed by atoms with E-state index in [1.54, 1.807) is 17.8 Å². The number of benzene rings is 2. The number of carbonyl (C=O) groups is 1. The maximum atomic E-state index is 12.4. The Morgan fingerprint density at radius 3 is 2.82 bits per heavy atom. The molecule has 0 saturated heterocycles. The van der Waals surface area contributed by atoms with Crippen molar-refractivity contribution in [2.75, 3.05) is 18.2 Å². The number of aromatic nitrogens is 2. The lowest BCUT2D eigenvalue weighted by Crippen LogP contribution is -2.16. The summed E-state index contributed by atoms with van der Waals surface area (Å²) in [6, 6.07) is 15.3. The molecule has 3 aromatic rings. The normalized spacial score (nSPS) is 16.2.